The summed E-state index contributed by atoms with van der Waals surface area (Å²) in [5.74, 6) is 0.539. The second-order valence-corrected chi connectivity index (χ2v) is 1.32. The molecule has 0 atom stereocenters. The second kappa shape index (κ2) is 5.76. The van der Waals surface area contributed by atoms with Gasteiger partial charge in [0.1, 0.15) is 0 Å². The molecule has 7 heavy (non-hydrogen) atoms. The fraction of sp³-hybridized carbons (Fsp3) is 0.750. The van der Waals surface area contributed by atoms with E-state index in [0.717, 1.165) is 12.8 Å². The minimum absolute atomic E-state index is 0. The Hall–Kier alpha value is -0.240. The lowest BCUT2D eigenvalue weighted by molar-refractivity contribution is -0.118. The SMILES string of the molecule is CCCC(N)=[NH2+].[Cl-]. The first kappa shape index (κ1) is 9.90. The fourth-order valence-corrected chi connectivity index (χ4v) is 0.289. The molecule has 0 aromatic rings. The molecule has 0 saturated heterocycles. The molecular formula is C4H11ClN2. The molecule has 0 unspecified atom stereocenters. The van der Waals surface area contributed by atoms with Crippen LogP contribution in [0.15, 0.2) is 0 Å². The fourth-order valence-electron chi connectivity index (χ4n) is 0.289. The molecule has 0 rings (SSSR count). The summed E-state index contributed by atoms with van der Waals surface area (Å²) in [7, 11) is 0. The van der Waals surface area contributed by atoms with Gasteiger partial charge in [-0.05, 0) is 6.42 Å². The summed E-state index contributed by atoms with van der Waals surface area (Å²) in [6.07, 6.45) is 1.89. The summed E-state index contributed by atoms with van der Waals surface area (Å²) in [4.78, 5) is 0. The maximum Gasteiger partial charge on any atom is 0.238 e. The summed E-state index contributed by atoms with van der Waals surface area (Å²) >= 11 is 0. The molecule has 0 fully saturated rings. The van der Waals surface area contributed by atoms with Crippen LogP contribution in [0.3, 0.4) is 0 Å². The minimum Gasteiger partial charge on any atom is -1.00 e. The summed E-state index contributed by atoms with van der Waals surface area (Å²) in [6.45, 7) is 2.04. The van der Waals surface area contributed by atoms with Gasteiger partial charge >= 0.3 is 0 Å². The zero-order chi connectivity index (χ0) is 4.99. The molecule has 0 saturated carbocycles. The highest BCUT2D eigenvalue weighted by Crippen LogP contribution is 1.77. The molecule has 0 radical (unpaired) electrons. The van der Waals surface area contributed by atoms with Gasteiger partial charge in [0.15, 0.2) is 0 Å². The minimum atomic E-state index is 0. The lowest BCUT2D eigenvalue weighted by atomic mass is 10.3. The van der Waals surface area contributed by atoms with Crippen LogP contribution in [0.4, 0.5) is 0 Å². The van der Waals surface area contributed by atoms with Crippen LogP contribution in [0, 0.1) is 0 Å². The first-order chi connectivity index (χ1) is 2.77. The standard InChI is InChI=1S/C4H10N2.ClH/c1-2-3-4(5)6;/h2-3H2,1H3,(H3,5,6);1H. The zero-order valence-electron chi connectivity index (χ0n) is 4.45. The monoisotopic (exact) mass is 122 g/mol. The van der Waals surface area contributed by atoms with E-state index in [1.54, 1.807) is 0 Å². The molecule has 0 aliphatic carbocycles. The lowest BCUT2D eigenvalue weighted by Gasteiger charge is -1.79. The van der Waals surface area contributed by atoms with E-state index in [1.165, 1.54) is 0 Å². The molecule has 4 N–H and O–H groups in total. The Morgan fingerprint density at radius 3 is 2.14 bits per heavy atom. The third kappa shape index (κ3) is 10.7. The summed E-state index contributed by atoms with van der Waals surface area (Å²) < 4.78 is 0. The summed E-state index contributed by atoms with van der Waals surface area (Å²) in [6, 6.07) is 0. The Balaban J connectivity index is 0. The van der Waals surface area contributed by atoms with E-state index in [-0.39, 0.29) is 12.4 Å². The Morgan fingerprint density at radius 2 is 2.14 bits per heavy atom. The first-order valence-corrected chi connectivity index (χ1v) is 2.14. The van der Waals surface area contributed by atoms with E-state index in [0.29, 0.717) is 5.84 Å². The van der Waals surface area contributed by atoms with Gasteiger partial charge < -0.3 is 12.4 Å². The van der Waals surface area contributed by atoms with E-state index in [2.05, 4.69) is 0 Å². The topological polar surface area (TPSA) is 51.6 Å². The normalized spacial score (nSPS) is 7.00. The average Bonchev–Trinajstić information content (AvgIpc) is 1.35. The van der Waals surface area contributed by atoms with Crippen molar-refractivity contribution in [1.29, 1.82) is 0 Å². The van der Waals surface area contributed by atoms with Gasteiger partial charge in [-0.1, -0.05) is 6.92 Å². The highest BCUT2D eigenvalue weighted by molar-refractivity contribution is 5.73. The molecule has 2 nitrogen and oxygen atoms in total. The Labute approximate surface area is 50.0 Å². The van der Waals surface area contributed by atoms with Gasteiger partial charge in [-0.3, -0.25) is 11.1 Å². The molecular weight excluding hydrogens is 112 g/mol. The molecule has 0 heterocycles. The number of hydrogen-bond donors (Lipinski definition) is 2. The average molecular weight is 123 g/mol. The van der Waals surface area contributed by atoms with Crippen LogP contribution >= 0.6 is 0 Å². The largest absolute Gasteiger partial charge is 1.00 e. The van der Waals surface area contributed by atoms with Crippen molar-refractivity contribution in [2.75, 3.05) is 0 Å². The summed E-state index contributed by atoms with van der Waals surface area (Å²) in [5.41, 5.74) is 5.10. The van der Waals surface area contributed by atoms with Crippen molar-refractivity contribution in [2.45, 2.75) is 19.8 Å². The smallest absolute Gasteiger partial charge is 0.238 e. The highest BCUT2D eigenvalue weighted by Gasteiger charge is 1.86. The van der Waals surface area contributed by atoms with Gasteiger partial charge in [0, 0.05) is 6.42 Å². The number of amidine groups is 1. The third-order valence-corrected chi connectivity index (χ3v) is 0.539. The van der Waals surface area contributed by atoms with Gasteiger partial charge in [0.2, 0.25) is 5.84 Å². The van der Waals surface area contributed by atoms with Crippen molar-refractivity contribution in [3.8, 4) is 0 Å². The predicted octanol–water partition coefficient (Wildman–Crippen LogP) is -4.09. The van der Waals surface area contributed by atoms with Crippen molar-refractivity contribution in [3.63, 3.8) is 0 Å². The zero-order valence-corrected chi connectivity index (χ0v) is 5.20. The van der Waals surface area contributed by atoms with Crippen LogP contribution in [0.1, 0.15) is 19.8 Å². The molecule has 0 aromatic carbocycles. The van der Waals surface area contributed by atoms with Gasteiger partial charge in [0.05, 0.1) is 0 Å². The second-order valence-electron chi connectivity index (χ2n) is 1.32. The van der Waals surface area contributed by atoms with Gasteiger partial charge in [-0.15, -0.1) is 0 Å². The van der Waals surface area contributed by atoms with Crippen LogP contribution in [0.5, 0.6) is 0 Å². The predicted molar refractivity (Wildman–Crippen MR) is 26.0 cm³/mol. The Bertz CT molecular complexity index is 53.7. The van der Waals surface area contributed by atoms with Crippen LogP contribution in [-0.2, 0) is 0 Å². The molecule has 0 aromatic heterocycles. The molecule has 0 bridgehead atoms. The quantitative estimate of drug-likeness (QED) is 0.284. The Morgan fingerprint density at radius 1 is 1.71 bits per heavy atom. The van der Waals surface area contributed by atoms with Gasteiger partial charge in [0.25, 0.3) is 0 Å². The van der Waals surface area contributed by atoms with Gasteiger partial charge in [-0.2, -0.15) is 0 Å². The molecule has 0 amide bonds. The molecule has 44 valence electrons. The van der Waals surface area contributed by atoms with Crippen molar-refractivity contribution in [1.82, 2.24) is 0 Å². The summed E-state index contributed by atoms with van der Waals surface area (Å²) in [5, 5.41) is 5.10. The highest BCUT2D eigenvalue weighted by atomic mass is 35.5. The van der Waals surface area contributed by atoms with Crippen molar-refractivity contribution in [2.24, 2.45) is 5.73 Å². The van der Waals surface area contributed by atoms with Crippen LogP contribution < -0.4 is 23.5 Å². The van der Waals surface area contributed by atoms with Crippen molar-refractivity contribution in [3.05, 3.63) is 0 Å². The maximum absolute atomic E-state index is 5.10. The van der Waals surface area contributed by atoms with E-state index in [9.17, 15) is 0 Å². The van der Waals surface area contributed by atoms with Crippen LogP contribution in [0.2, 0.25) is 0 Å². The Kier molecular flexibility index (Phi) is 8.15. The number of nitrogens with two attached hydrogens (primary N) is 2. The van der Waals surface area contributed by atoms with E-state index >= 15 is 0 Å². The molecule has 0 aliphatic rings. The van der Waals surface area contributed by atoms with Crippen molar-refractivity contribution >= 4 is 5.84 Å². The van der Waals surface area contributed by atoms with E-state index in [4.69, 9.17) is 11.1 Å². The van der Waals surface area contributed by atoms with Crippen LogP contribution in [-0.4, -0.2) is 5.84 Å². The van der Waals surface area contributed by atoms with Crippen molar-refractivity contribution < 1.29 is 17.8 Å². The van der Waals surface area contributed by atoms with Crippen LogP contribution in [0.25, 0.3) is 0 Å². The van der Waals surface area contributed by atoms with E-state index < -0.39 is 0 Å². The molecule has 0 aliphatic heterocycles. The van der Waals surface area contributed by atoms with E-state index in [1.807, 2.05) is 6.92 Å². The third-order valence-electron chi connectivity index (χ3n) is 0.539. The maximum atomic E-state index is 5.10. The van der Waals surface area contributed by atoms with Gasteiger partial charge in [-0.25, -0.2) is 0 Å². The lowest BCUT2D eigenvalue weighted by Crippen LogP contribution is -3.00. The molecule has 3 heteroatoms. The number of rotatable bonds is 2. The number of halogens is 1. The molecule has 0 spiro atoms. The first-order valence-electron chi connectivity index (χ1n) is 2.14. The number of hydrogen-bond acceptors (Lipinski definition) is 0.